The fourth-order valence-electron chi connectivity index (χ4n) is 1.80. The zero-order valence-electron chi connectivity index (χ0n) is 10.5. The Hall–Kier alpha value is 0.126. The summed E-state index contributed by atoms with van der Waals surface area (Å²) < 4.78 is 0. The molecule has 0 N–H and O–H groups in total. The van der Waals surface area contributed by atoms with E-state index in [1.165, 1.54) is 5.56 Å². The van der Waals surface area contributed by atoms with E-state index in [9.17, 15) is 5.11 Å². The van der Waals surface area contributed by atoms with Crippen LogP contribution in [0.1, 0.15) is 17.2 Å². The molecule has 0 aliphatic carbocycles. The van der Waals surface area contributed by atoms with Crippen LogP contribution in [0.25, 0.3) is 0 Å². The molecule has 0 radical (unpaired) electrons. The first-order chi connectivity index (χ1) is 8.27. The zero-order chi connectivity index (χ0) is 12.1. The summed E-state index contributed by atoms with van der Waals surface area (Å²) in [6.07, 6.45) is 0.0283. The quantitative estimate of drug-likeness (QED) is 0.517. The second kappa shape index (κ2) is 9.94. The fraction of sp³-hybridized carbons (Fsp3) is 0.200. The largest absolute Gasteiger partial charge is 2.00 e. The van der Waals surface area contributed by atoms with Crippen LogP contribution in [-0.4, -0.2) is 27.9 Å². The van der Waals surface area contributed by atoms with Crippen molar-refractivity contribution in [3.05, 3.63) is 71.8 Å². The van der Waals surface area contributed by atoms with E-state index < -0.39 is 6.10 Å². The van der Waals surface area contributed by atoms with Crippen LogP contribution >= 0.6 is 15.9 Å². The fourth-order valence-corrected chi connectivity index (χ4v) is 2.48. The second-order valence-electron chi connectivity index (χ2n) is 4.04. The van der Waals surface area contributed by atoms with E-state index in [0.717, 1.165) is 12.0 Å². The van der Waals surface area contributed by atoms with Crippen molar-refractivity contribution in [3.8, 4) is 0 Å². The van der Waals surface area contributed by atoms with E-state index in [1.807, 2.05) is 60.7 Å². The average Bonchev–Trinajstić information content (AvgIpc) is 2.40. The van der Waals surface area contributed by atoms with E-state index in [1.54, 1.807) is 0 Å². The first-order valence-electron chi connectivity index (χ1n) is 5.66. The van der Waals surface area contributed by atoms with Gasteiger partial charge in [0.05, 0.1) is 0 Å². The van der Waals surface area contributed by atoms with Crippen LogP contribution in [0.2, 0.25) is 0 Å². The molecular formula is C15H14Br2MgO. The maximum absolute atomic E-state index is 12.2. The van der Waals surface area contributed by atoms with Crippen molar-refractivity contribution >= 4 is 39.0 Å². The molecule has 0 aliphatic rings. The molecule has 2 atom stereocenters. The van der Waals surface area contributed by atoms with E-state index in [2.05, 4.69) is 15.9 Å². The predicted molar refractivity (Wildman–Crippen MR) is 77.8 cm³/mol. The Balaban J connectivity index is 0.00000162. The number of rotatable bonds is 4. The van der Waals surface area contributed by atoms with Gasteiger partial charge in [0.25, 0.3) is 0 Å². The summed E-state index contributed by atoms with van der Waals surface area (Å²) in [6.45, 7) is 0. The van der Waals surface area contributed by atoms with E-state index in [-0.39, 0.29) is 44.9 Å². The van der Waals surface area contributed by atoms with Crippen molar-refractivity contribution in [1.82, 2.24) is 0 Å². The van der Waals surface area contributed by atoms with Crippen molar-refractivity contribution in [2.75, 3.05) is 0 Å². The molecule has 0 aliphatic heterocycles. The molecule has 2 aromatic rings. The van der Waals surface area contributed by atoms with E-state index in [4.69, 9.17) is 0 Å². The van der Waals surface area contributed by atoms with Gasteiger partial charge in [-0.15, -0.1) is 0 Å². The van der Waals surface area contributed by atoms with Gasteiger partial charge in [-0.3, -0.25) is 0 Å². The van der Waals surface area contributed by atoms with Crippen LogP contribution < -0.4 is 22.1 Å². The minimum Gasteiger partial charge on any atom is -1.00 e. The van der Waals surface area contributed by atoms with E-state index >= 15 is 0 Å². The summed E-state index contributed by atoms with van der Waals surface area (Å²) in [4.78, 5) is -0.0766. The van der Waals surface area contributed by atoms with Gasteiger partial charge in [-0.25, -0.2) is 0 Å². The van der Waals surface area contributed by atoms with Gasteiger partial charge >= 0.3 is 23.1 Å². The van der Waals surface area contributed by atoms with Gasteiger partial charge < -0.3 is 22.1 Å². The summed E-state index contributed by atoms with van der Waals surface area (Å²) in [5.41, 5.74) is 2.02. The Morgan fingerprint density at radius 1 is 0.895 bits per heavy atom. The number of halogens is 2. The maximum atomic E-state index is 12.2. The molecule has 2 aromatic carbocycles. The summed E-state index contributed by atoms with van der Waals surface area (Å²) in [5.74, 6) is 0. The van der Waals surface area contributed by atoms with Crippen LogP contribution in [0, 0.1) is 0 Å². The van der Waals surface area contributed by atoms with Crippen molar-refractivity contribution in [2.24, 2.45) is 0 Å². The molecule has 0 spiro atoms. The minimum atomic E-state index is -0.726. The van der Waals surface area contributed by atoms with Gasteiger partial charge in [0.1, 0.15) is 0 Å². The Morgan fingerprint density at radius 2 is 1.37 bits per heavy atom. The minimum absolute atomic E-state index is 0. The van der Waals surface area contributed by atoms with Gasteiger partial charge in [0, 0.05) is 4.83 Å². The molecule has 1 nitrogen and oxygen atoms in total. The molecule has 96 valence electrons. The van der Waals surface area contributed by atoms with Crippen LogP contribution in [-0.2, 0) is 6.42 Å². The maximum Gasteiger partial charge on any atom is 2.00 e. The van der Waals surface area contributed by atoms with Gasteiger partial charge in [0.2, 0.25) is 0 Å². The molecule has 0 saturated carbocycles. The van der Waals surface area contributed by atoms with Crippen LogP contribution in [0.4, 0.5) is 0 Å². The molecule has 2 rings (SSSR count). The van der Waals surface area contributed by atoms with Crippen LogP contribution in [0.5, 0.6) is 0 Å². The first kappa shape index (κ1) is 19.1. The standard InChI is InChI=1S/C15H14BrO.BrH.Mg/c16-14(11-12-7-3-1-4-8-12)15(17)13-9-5-2-6-10-13;;/h1-10,14-15H,11H2;1H;/q-1;;+2/p-1/t14?,15-;;/m1../s1. The Labute approximate surface area is 149 Å². The first-order valence-corrected chi connectivity index (χ1v) is 6.57. The number of alkyl halides is 1. The summed E-state index contributed by atoms with van der Waals surface area (Å²) in [7, 11) is 0. The van der Waals surface area contributed by atoms with Crippen molar-refractivity contribution in [2.45, 2.75) is 17.4 Å². The zero-order valence-corrected chi connectivity index (χ0v) is 15.1. The Kier molecular flexibility index (Phi) is 10.0. The molecule has 4 heteroatoms. The summed E-state index contributed by atoms with van der Waals surface area (Å²) in [5, 5.41) is 12.2. The van der Waals surface area contributed by atoms with Gasteiger partial charge in [-0.1, -0.05) is 88.3 Å². The van der Waals surface area contributed by atoms with Crippen LogP contribution in [0.15, 0.2) is 60.7 Å². The number of hydrogen-bond acceptors (Lipinski definition) is 1. The predicted octanol–water partition coefficient (Wildman–Crippen LogP) is -0.283. The van der Waals surface area contributed by atoms with E-state index in [0.29, 0.717) is 0 Å². The molecule has 1 unspecified atom stereocenters. The van der Waals surface area contributed by atoms with Crippen molar-refractivity contribution in [1.29, 1.82) is 0 Å². The third-order valence-corrected chi connectivity index (χ3v) is 3.53. The van der Waals surface area contributed by atoms with Gasteiger partial charge in [-0.2, -0.15) is 0 Å². The normalized spacial score (nSPS) is 12.7. The van der Waals surface area contributed by atoms with Crippen molar-refractivity contribution < 1.29 is 22.1 Å². The average molecular weight is 394 g/mol. The third-order valence-electron chi connectivity index (χ3n) is 2.73. The Bertz CT molecular complexity index is 450. The van der Waals surface area contributed by atoms with Gasteiger partial charge in [0.15, 0.2) is 0 Å². The Morgan fingerprint density at radius 3 is 1.89 bits per heavy atom. The van der Waals surface area contributed by atoms with Gasteiger partial charge in [-0.05, 0) is 12.0 Å². The molecule has 0 fully saturated rings. The SMILES string of the molecule is [Br-].[Mg+2].[O-][C@H](c1ccccc1)C(Br)Cc1ccccc1. The molecule has 0 saturated heterocycles. The topological polar surface area (TPSA) is 23.1 Å². The summed E-state index contributed by atoms with van der Waals surface area (Å²) in [6, 6.07) is 19.6. The number of benzene rings is 2. The third kappa shape index (κ3) is 5.96. The van der Waals surface area contributed by atoms with Crippen LogP contribution in [0.3, 0.4) is 0 Å². The smallest absolute Gasteiger partial charge is 1.00 e. The number of hydrogen-bond donors (Lipinski definition) is 0. The summed E-state index contributed by atoms with van der Waals surface area (Å²) >= 11 is 3.50. The van der Waals surface area contributed by atoms with Crippen molar-refractivity contribution in [3.63, 3.8) is 0 Å². The molecule has 0 bridgehead atoms. The molecule has 19 heavy (non-hydrogen) atoms. The second-order valence-corrected chi connectivity index (χ2v) is 5.21. The molecule has 0 aromatic heterocycles. The monoisotopic (exact) mass is 392 g/mol. The molecular weight excluding hydrogens is 380 g/mol. The molecule has 0 amide bonds. The molecule has 0 heterocycles.